The van der Waals surface area contributed by atoms with Gasteiger partial charge < -0.3 is 9.64 Å². The van der Waals surface area contributed by atoms with Gasteiger partial charge >= 0.3 is 0 Å². The summed E-state index contributed by atoms with van der Waals surface area (Å²) in [6, 6.07) is 41.5. The van der Waals surface area contributed by atoms with Crippen LogP contribution in [0.1, 0.15) is 22.3 Å². The van der Waals surface area contributed by atoms with Crippen LogP contribution in [0.4, 0.5) is 34.3 Å². The summed E-state index contributed by atoms with van der Waals surface area (Å²) >= 11 is 0. The standard InChI is InChI=1S/C38H26N4O/c1-3-11-33-27(9-1)15-18-30-20-22-32(43-38-14-6-8-24-40-38)26-36(30)41(33)31-21-19-29-17-16-28-10-2-4-12-34(28)42(35(29)25-31)37-13-5-7-23-39-37/h1-26H. The van der Waals surface area contributed by atoms with Crippen LogP contribution in [0.5, 0.6) is 11.6 Å². The third-order valence-electron chi connectivity index (χ3n) is 7.73. The Hall–Kier alpha value is -5.94. The van der Waals surface area contributed by atoms with E-state index in [2.05, 4.69) is 124 Å². The number of pyridine rings is 2. The van der Waals surface area contributed by atoms with Crippen LogP contribution in [0.15, 0.2) is 134 Å². The lowest BCUT2D eigenvalue weighted by atomic mass is 10.1. The predicted molar refractivity (Wildman–Crippen MR) is 176 cm³/mol. The van der Waals surface area contributed by atoms with E-state index in [1.54, 1.807) is 6.20 Å². The number of aromatic nitrogens is 2. The number of nitrogens with zero attached hydrogens (tertiary/aromatic N) is 4. The molecule has 204 valence electrons. The zero-order valence-electron chi connectivity index (χ0n) is 23.2. The van der Waals surface area contributed by atoms with Crippen molar-refractivity contribution in [1.29, 1.82) is 0 Å². The van der Waals surface area contributed by atoms with Crippen molar-refractivity contribution in [2.24, 2.45) is 0 Å². The van der Waals surface area contributed by atoms with E-state index in [0.717, 1.165) is 62.3 Å². The number of hydrogen-bond donors (Lipinski definition) is 0. The topological polar surface area (TPSA) is 41.5 Å². The van der Waals surface area contributed by atoms with E-state index >= 15 is 0 Å². The molecule has 2 aliphatic rings. The Morgan fingerprint density at radius 2 is 1.02 bits per heavy atom. The van der Waals surface area contributed by atoms with E-state index in [4.69, 9.17) is 9.72 Å². The van der Waals surface area contributed by atoms with Crippen molar-refractivity contribution in [2.45, 2.75) is 0 Å². The molecule has 0 N–H and O–H groups in total. The summed E-state index contributed by atoms with van der Waals surface area (Å²) in [5.74, 6) is 2.14. The minimum absolute atomic E-state index is 0.556. The molecule has 0 fully saturated rings. The van der Waals surface area contributed by atoms with Gasteiger partial charge in [0.15, 0.2) is 0 Å². The normalized spacial score (nSPS) is 12.8. The molecule has 0 amide bonds. The van der Waals surface area contributed by atoms with Crippen LogP contribution >= 0.6 is 0 Å². The maximum absolute atomic E-state index is 6.19. The highest BCUT2D eigenvalue weighted by Crippen LogP contribution is 2.47. The van der Waals surface area contributed by atoms with Crippen LogP contribution in [0, 0.1) is 0 Å². The zero-order chi connectivity index (χ0) is 28.6. The molecule has 4 aromatic carbocycles. The highest BCUT2D eigenvalue weighted by atomic mass is 16.5. The average molecular weight is 555 g/mol. The first kappa shape index (κ1) is 24.8. The summed E-state index contributed by atoms with van der Waals surface area (Å²) in [5, 5.41) is 0. The molecule has 6 aromatic rings. The highest BCUT2D eigenvalue weighted by Gasteiger charge is 2.25. The van der Waals surface area contributed by atoms with E-state index in [1.807, 2.05) is 42.6 Å². The van der Waals surface area contributed by atoms with Crippen molar-refractivity contribution in [3.05, 3.63) is 156 Å². The number of benzene rings is 4. The van der Waals surface area contributed by atoms with Crippen LogP contribution in [0.3, 0.4) is 0 Å². The molecule has 0 spiro atoms. The van der Waals surface area contributed by atoms with E-state index < -0.39 is 0 Å². The Labute approximate surface area is 250 Å². The molecule has 2 aliphatic heterocycles. The van der Waals surface area contributed by atoms with Crippen LogP contribution < -0.4 is 14.5 Å². The van der Waals surface area contributed by atoms with Crippen molar-refractivity contribution >= 4 is 58.6 Å². The van der Waals surface area contributed by atoms with Gasteiger partial charge in [-0.25, -0.2) is 9.97 Å². The summed E-state index contributed by atoms with van der Waals surface area (Å²) < 4.78 is 6.19. The first-order valence-electron chi connectivity index (χ1n) is 14.2. The number of para-hydroxylation sites is 2. The molecule has 0 unspecified atom stereocenters. The quantitative estimate of drug-likeness (QED) is 0.216. The molecular formula is C38H26N4O. The van der Waals surface area contributed by atoms with Crippen LogP contribution in [0.25, 0.3) is 24.3 Å². The lowest BCUT2D eigenvalue weighted by Gasteiger charge is -2.30. The molecule has 0 radical (unpaired) electrons. The molecule has 4 heterocycles. The predicted octanol–water partition coefficient (Wildman–Crippen LogP) is 10.2. The van der Waals surface area contributed by atoms with E-state index in [-0.39, 0.29) is 0 Å². The summed E-state index contributed by atoms with van der Waals surface area (Å²) in [4.78, 5) is 13.7. The number of fused-ring (bicyclic) bond motifs is 4. The summed E-state index contributed by atoms with van der Waals surface area (Å²) in [5.41, 5.74) is 9.73. The molecule has 0 bridgehead atoms. The van der Waals surface area contributed by atoms with Gasteiger partial charge in [0.1, 0.15) is 11.6 Å². The second kappa shape index (κ2) is 10.5. The minimum Gasteiger partial charge on any atom is -0.439 e. The van der Waals surface area contributed by atoms with E-state index in [1.165, 1.54) is 0 Å². The molecule has 0 saturated carbocycles. The molecule has 8 rings (SSSR count). The van der Waals surface area contributed by atoms with E-state index in [0.29, 0.717) is 5.88 Å². The van der Waals surface area contributed by atoms with Crippen LogP contribution in [-0.4, -0.2) is 9.97 Å². The van der Waals surface area contributed by atoms with Gasteiger partial charge in [-0.1, -0.05) is 78.9 Å². The maximum atomic E-state index is 6.19. The Morgan fingerprint density at radius 3 is 1.70 bits per heavy atom. The highest BCUT2D eigenvalue weighted by molar-refractivity contribution is 5.97. The van der Waals surface area contributed by atoms with Gasteiger partial charge in [-0.3, -0.25) is 4.90 Å². The minimum atomic E-state index is 0.556. The zero-order valence-corrected chi connectivity index (χ0v) is 23.2. The molecule has 0 aliphatic carbocycles. The van der Waals surface area contributed by atoms with Gasteiger partial charge in [-0.2, -0.15) is 0 Å². The van der Waals surface area contributed by atoms with Crippen LogP contribution in [0.2, 0.25) is 0 Å². The molecule has 5 heteroatoms. The number of ether oxygens (including phenoxy) is 1. The van der Waals surface area contributed by atoms with Gasteiger partial charge in [0.05, 0.1) is 22.7 Å². The Bertz CT molecular complexity index is 2020. The fourth-order valence-corrected chi connectivity index (χ4v) is 5.75. The molecule has 2 aromatic heterocycles. The molecule has 5 nitrogen and oxygen atoms in total. The molecular weight excluding hydrogens is 528 g/mol. The third-order valence-corrected chi connectivity index (χ3v) is 7.73. The SMILES string of the molecule is C1=Cc2ccc(Oc3ccccn3)cc2N(c2ccc3c(c2)N(c2ccccn2)c2ccccc2C=C3)c2ccccc21. The van der Waals surface area contributed by atoms with Gasteiger partial charge in [0, 0.05) is 30.2 Å². The Kier molecular flexibility index (Phi) is 6.05. The van der Waals surface area contributed by atoms with Gasteiger partial charge in [-0.05, 0) is 76.9 Å². The van der Waals surface area contributed by atoms with Crippen molar-refractivity contribution in [2.75, 3.05) is 9.80 Å². The Balaban J connectivity index is 1.32. The first-order valence-corrected chi connectivity index (χ1v) is 14.2. The number of anilines is 6. The monoisotopic (exact) mass is 554 g/mol. The van der Waals surface area contributed by atoms with Crippen molar-refractivity contribution in [3.8, 4) is 11.6 Å². The third kappa shape index (κ3) is 4.53. The molecule has 0 atom stereocenters. The Morgan fingerprint density at radius 1 is 0.442 bits per heavy atom. The van der Waals surface area contributed by atoms with Gasteiger partial charge in [0.2, 0.25) is 5.88 Å². The smallest absolute Gasteiger partial charge is 0.219 e. The van der Waals surface area contributed by atoms with Gasteiger partial charge in [-0.15, -0.1) is 0 Å². The molecule has 43 heavy (non-hydrogen) atoms. The summed E-state index contributed by atoms with van der Waals surface area (Å²) in [6.45, 7) is 0. The fraction of sp³-hybridized carbons (Fsp3) is 0. The second-order valence-corrected chi connectivity index (χ2v) is 10.4. The van der Waals surface area contributed by atoms with Crippen molar-refractivity contribution in [3.63, 3.8) is 0 Å². The van der Waals surface area contributed by atoms with E-state index in [9.17, 15) is 0 Å². The van der Waals surface area contributed by atoms with Crippen LogP contribution in [-0.2, 0) is 0 Å². The lowest BCUT2D eigenvalue weighted by Crippen LogP contribution is -2.15. The summed E-state index contributed by atoms with van der Waals surface area (Å²) in [7, 11) is 0. The average Bonchev–Trinajstić information content (AvgIpc) is 3.33. The van der Waals surface area contributed by atoms with Crippen molar-refractivity contribution < 1.29 is 4.74 Å². The number of rotatable bonds is 4. The van der Waals surface area contributed by atoms with Crippen molar-refractivity contribution in [1.82, 2.24) is 9.97 Å². The second-order valence-electron chi connectivity index (χ2n) is 10.4. The lowest BCUT2D eigenvalue weighted by molar-refractivity contribution is 0.463. The first-order chi connectivity index (χ1) is 21.3. The maximum Gasteiger partial charge on any atom is 0.219 e. The molecule has 0 saturated heterocycles. The van der Waals surface area contributed by atoms with Gasteiger partial charge in [0.25, 0.3) is 0 Å². The summed E-state index contributed by atoms with van der Waals surface area (Å²) in [6.07, 6.45) is 12.3. The number of hydrogen-bond acceptors (Lipinski definition) is 5. The largest absolute Gasteiger partial charge is 0.439 e. The fourth-order valence-electron chi connectivity index (χ4n) is 5.75.